The molecule has 0 spiro atoms. The van der Waals surface area contributed by atoms with Crippen LogP contribution < -0.4 is 0 Å². The summed E-state index contributed by atoms with van der Waals surface area (Å²) in [5.41, 5.74) is 1.31. The summed E-state index contributed by atoms with van der Waals surface area (Å²) in [6.45, 7) is 4.67. The summed E-state index contributed by atoms with van der Waals surface area (Å²) in [7, 11) is 0. The fraction of sp³-hybridized carbons (Fsp3) is 0.226. The van der Waals surface area contributed by atoms with Crippen LogP contribution in [0, 0.1) is 5.92 Å². The van der Waals surface area contributed by atoms with E-state index in [1.165, 1.54) is 30.3 Å². The Kier molecular flexibility index (Phi) is 8.72. The van der Waals surface area contributed by atoms with Crippen molar-refractivity contribution in [3.05, 3.63) is 108 Å². The first-order valence-electron chi connectivity index (χ1n) is 13.1. The SMILES string of the molecule is CC(=O)N([C@@H](Cc1ccccc1)C(=O)C(=O)O)N1C(=O)C(C(C)C)N(C(=O)c2ccccn2)C=C1c1ccccc1. The van der Waals surface area contributed by atoms with Crippen LogP contribution in [0.1, 0.15) is 42.4 Å². The van der Waals surface area contributed by atoms with Crippen LogP contribution in [0.2, 0.25) is 0 Å². The maximum atomic E-state index is 14.4. The van der Waals surface area contributed by atoms with Gasteiger partial charge in [-0.15, -0.1) is 0 Å². The molecule has 4 rings (SSSR count). The third kappa shape index (κ3) is 6.06. The summed E-state index contributed by atoms with van der Waals surface area (Å²) in [5.74, 6) is -5.33. The molecule has 2 heterocycles. The standard InChI is InChI=1S/C31H30N4O6/c1-20(2)27-30(39)35(34(21(3)36)25(28(37)31(40)41)18-22-12-6-4-7-13-22)26(23-14-8-5-9-15-23)19-33(27)29(38)24-16-10-11-17-32-24/h4-17,19-20,25,27H,18H2,1-3H3,(H,40,41)/t25-,27?/m0/s1. The van der Waals surface area contributed by atoms with Gasteiger partial charge in [0.15, 0.2) is 0 Å². The summed E-state index contributed by atoms with van der Waals surface area (Å²) >= 11 is 0. The Morgan fingerprint density at radius 3 is 2.07 bits per heavy atom. The molecular weight excluding hydrogens is 524 g/mol. The molecule has 0 aliphatic carbocycles. The zero-order valence-electron chi connectivity index (χ0n) is 22.9. The molecule has 0 bridgehead atoms. The summed E-state index contributed by atoms with van der Waals surface area (Å²) in [6.07, 6.45) is 2.78. The Hall–Kier alpha value is -5.12. The smallest absolute Gasteiger partial charge is 0.374 e. The molecule has 3 amide bonds. The average molecular weight is 555 g/mol. The number of aromatic nitrogens is 1. The van der Waals surface area contributed by atoms with E-state index in [9.17, 15) is 29.1 Å². The molecule has 210 valence electrons. The topological polar surface area (TPSA) is 128 Å². The normalized spacial score (nSPS) is 15.8. The second-order valence-corrected chi connectivity index (χ2v) is 9.89. The number of carbonyl (C=O) groups excluding carboxylic acids is 4. The van der Waals surface area contributed by atoms with Crippen molar-refractivity contribution >= 4 is 35.2 Å². The fourth-order valence-corrected chi connectivity index (χ4v) is 4.84. The van der Waals surface area contributed by atoms with Crippen molar-refractivity contribution in [1.29, 1.82) is 0 Å². The first-order chi connectivity index (χ1) is 19.6. The molecule has 1 aliphatic heterocycles. The molecule has 1 N–H and O–H groups in total. The molecule has 3 aromatic rings. The van der Waals surface area contributed by atoms with Gasteiger partial charge in [-0.1, -0.05) is 80.6 Å². The van der Waals surface area contributed by atoms with Crippen LogP contribution in [0.15, 0.2) is 91.3 Å². The van der Waals surface area contributed by atoms with Crippen molar-refractivity contribution in [2.45, 2.75) is 39.3 Å². The number of rotatable bonds is 9. The summed E-state index contributed by atoms with van der Waals surface area (Å²) in [6, 6.07) is 19.5. The van der Waals surface area contributed by atoms with Crippen LogP contribution >= 0.6 is 0 Å². The number of Topliss-reactive ketones (excluding diaryl/α,β-unsaturated/α-hetero) is 1. The number of nitrogens with zero attached hydrogens (tertiary/aromatic N) is 4. The number of carboxylic acid groups (broad SMARTS) is 1. The average Bonchev–Trinajstić information content (AvgIpc) is 2.97. The minimum atomic E-state index is -1.74. The number of hydrazine groups is 1. The molecule has 2 atom stereocenters. The lowest BCUT2D eigenvalue weighted by atomic mass is 9.96. The molecule has 2 aromatic carbocycles. The first kappa shape index (κ1) is 28.9. The molecule has 0 fully saturated rings. The van der Waals surface area contributed by atoms with Crippen LogP contribution in [-0.4, -0.2) is 66.6 Å². The Morgan fingerprint density at radius 1 is 0.927 bits per heavy atom. The van der Waals surface area contributed by atoms with E-state index in [4.69, 9.17) is 0 Å². The van der Waals surface area contributed by atoms with Gasteiger partial charge in [-0.3, -0.25) is 29.1 Å². The number of carboxylic acids is 1. The zero-order chi connectivity index (χ0) is 29.7. The maximum absolute atomic E-state index is 14.4. The number of amides is 3. The van der Waals surface area contributed by atoms with Gasteiger partial charge in [0.05, 0.1) is 5.70 Å². The maximum Gasteiger partial charge on any atom is 0.374 e. The van der Waals surface area contributed by atoms with Gasteiger partial charge in [-0.2, -0.15) is 0 Å². The van der Waals surface area contributed by atoms with Crippen LogP contribution in [0.4, 0.5) is 0 Å². The fourth-order valence-electron chi connectivity index (χ4n) is 4.84. The van der Waals surface area contributed by atoms with E-state index in [1.54, 1.807) is 86.6 Å². The number of aliphatic carboxylic acids is 1. The van der Waals surface area contributed by atoms with Crippen molar-refractivity contribution in [3.63, 3.8) is 0 Å². The lowest BCUT2D eigenvalue weighted by molar-refractivity contribution is -0.169. The Morgan fingerprint density at radius 2 is 1.54 bits per heavy atom. The van der Waals surface area contributed by atoms with Crippen LogP contribution in [0.5, 0.6) is 0 Å². The first-order valence-corrected chi connectivity index (χ1v) is 13.1. The van der Waals surface area contributed by atoms with Gasteiger partial charge in [-0.25, -0.2) is 14.8 Å². The van der Waals surface area contributed by atoms with Crippen molar-refractivity contribution in [3.8, 4) is 0 Å². The zero-order valence-corrected chi connectivity index (χ0v) is 22.9. The van der Waals surface area contributed by atoms with Gasteiger partial charge in [0.25, 0.3) is 17.6 Å². The van der Waals surface area contributed by atoms with Gasteiger partial charge in [0.1, 0.15) is 17.8 Å². The van der Waals surface area contributed by atoms with Crippen LogP contribution in [0.3, 0.4) is 0 Å². The predicted molar refractivity (Wildman–Crippen MR) is 149 cm³/mol. The highest BCUT2D eigenvalue weighted by molar-refractivity contribution is 6.35. The number of hydrogen-bond donors (Lipinski definition) is 1. The summed E-state index contributed by atoms with van der Waals surface area (Å²) < 4.78 is 0. The molecule has 41 heavy (non-hydrogen) atoms. The highest BCUT2D eigenvalue weighted by Crippen LogP contribution is 2.33. The van der Waals surface area contributed by atoms with Gasteiger partial charge in [0, 0.05) is 31.3 Å². The van der Waals surface area contributed by atoms with Crippen molar-refractivity contribution < 1.29 is 29.1 Å². The van der Waals surface area contributed by atoms with Crippen LogP contribution in [0.25, 0.3) is 5.70 Å². The van der Waals surface area contributed by atoms with E-state index in [1.807, 2.05) is 0 Å². The van der Waals surface area contributed by atoms with E-state index < -0.39 is 47.5 Å². The molecule has 10 heteroatoms. The lowest BCUT2D eigenvalue weighted by Crippen LogP contribution is -2.64. The van der Waals surface area contributed by atoms with E-state index in [-0.39, 0.29) is 17.8 Å². The number of hydrogen-bond acceptors (Lipinski definition) is 6. The Bertz CT molecular complexity index is 1470. The highest BCUT2D eigenvalue weighted by atomic mass is 16.4. The molecular formula is C31H30N4O6. The largest absolute Gasteiger partial charge is 0.475 e. The molecule has 1 aromatic heterocycles. The molecule has 1 aliphatic rings. The minimum Gasteiger partial charge on any atom is -0.475 e. The van der Waals surface area contributed by atoms with Crippen molar-refractivity contribution in [2.75, 3.05) is 0 Å². The molecule has 0 saturated carbocycles. The van der Waals surface area contributed by atoms with Gasteiger partial charge in [-0.05, 0) is 23.6 Å². The monoisotopic (exact) mass is 554 g/mol. The third-order valence-corrected chi connectivity index (χ3v) is 6.69. The lowest BCUT2D eigenvalue weighted by Gasteiger charge is -2.46. The summed E-state index contributed by atoms with van der Waals surface area (Å²) in [4.78, 5) is 71.9. The Balaban J connectivity index is 1.93. The van der Waals surface area contributed by atoms with E-state index in [0.29, 0.717) is 11.1 Å². The van der Waals surface area contributed by atoms with Crippen LogP contribution in [-0.2, 0) is 25.6 Å². The second-order valence-electron chi connectivity index (χ2n) is 9.89. The van der Waals surface area contributed by atoms with Gasteiger partial charge >= 0.3 is 5.97 Å². The van der Waals surface area contributed by atoms with Crippen molar-refractivity contribution in [1.82, 2.24) is 19.9 Å². The number of ketones is 1. The number of carbonyl (C=O) groups is 5. The number of benzene rings is 2. The molecule has 0 radical (unpaired) electrons. The molecule has 1 unspecified atom stereocenters. The van der Waals surface area contributed by atoms with Gasteiger partial charge < -0.3 is 5.11 Å². The van der Waals surface area contributed by atoms with E-state index in [2.05, 4.69) is 4.98 Å². The molecule has 10 nitrogen and oxygen atoms in total. The van der Waals surface area contributed by atoms with E-state index in [0.717, 1.165) is 10.0 Å². The quantitative estimate of drug-likeness (QED) is 0.402. The number of pyridine rings is 1. The second kappa shape index (κ2) is 12.4. The van der Waals surface area contributed by atoms with Crippen molar-refractivity contribution in [2.24, 2.45) is 5.92 Å². The summed E-state index contributed by atoms with van der Waals surface area (Å²) in [5, 5.41) is 11.7. The van der Waals surface area contributed by atoms with E-state index >= 15 is 0 Å². The predicted octanol–water partition coefficient (Wildman–Crippen LogP) is 3.42. The molecule has 0 saturated heterocycles. The third-order valence-electron chi connectivity index (χ3n) is 6.69. The Labute approximate surface area is 237 Å². The minimum absolute atomic E-state index is 0.120. The van der Waals surface area contributed by atoms with Gasteiger partial charge in [0.2, 0.25) is 5.91 Å². The highest BCUT2D eigenvalue weighted by Gasteiger charge is 2.47.